The number of carbonyl (C=O) groups excluding carboxylic acids is 1. The number of hydrogen-bond acceptors (Lipinski definition) is 3. The Balaban J connectivity index is 2.25. The maximum absolute atomic E-state index is 12.0. The molecule has 0 aliphatic heterocycles. The van der Waals surface area contributed by atoms with Crippen molar-refractivity contribution in [2.45, 2.75) is 20.3 Å². The van der Waals surface area contributed by atoms with Gasteiger partial charge in [-0.25, -0.2) is 4.79 Å². The minimum atomic E-state index is -0.294. The van der Waals surface area contributed by atoms with Gasteiger partial charge >= 0.3 is 5.97 Å². The molecule has 1 aromatic rings. The van der Waals surface area contributed by atoms with E-state index in [2.05, 4.69) is 15.9 Å². The van der Waals surface area contributed by atoms with Crippen molar-refractivity contribution in [3.05, 3.63) is 51.7 Å². The van der Waals surface area contributed by atoms with E-state index in [1.807, 2.05) is 37.3 Å². The van der Waals surface area contributed by atoms with Gasteiger partial charge in [0.1, 0.15) is 5.76 Å². The van der Waals surface area contributed by atoms with Gasteiger partial charge in [0.2, 0.25) is 0 Å². The van der Waals surface area contributed by atoms with Crippen LogP contribution in [-0.4, -0.2) is 19.2 Å². The van der Waals surface area contributed by atoms with Gasteiger partial charge in [0.15, 0.2) is 0 Å². The van der Waals surface area contributed by atoms with E-state index in [-0.39, 0.29) is 5.97 Å². The molecule has 1 aliphatic carbocycles. The summed E-state index contributed by atoms with van der Waals surface area (Å²) in [5.74, 6) is 0.332. The summed E-state index contributed by atoms with van der Waals surface area (Å²) in [5, 5.41) is 0. The third-order valence-electron chi connectivity index (χ3n) is 2.99. The van der Waals surface area contributed by atoms with Crippen LogP contribution >= 0.6 is 15.9 Å². The second-order valence-electron chi connectivity index (χ2n) is 4.35. The first-order valence-electron chi connectivity index (χ1n) is 6.65. The molecule has 20 heavy (non-hydrogen) atoms. The zero-order valence-electron chi connectivity index (χ0n) is 11.6. The Bertz CT molecular complexity index is 573. The number of rotatable bonds is 5. The topological polar surface area (TPSA) is 35.5 Å². The highest BCUT2D eigenvalue weighted by Gasteiger charge is 2.25. The first kappa shape index (κ1) is 14.9. The van der Waals surface area contributed by atoms with Crippen molar-refractivity contribution < 1.29 is 14.3 Å². The van der Waals surface area contributed by atoms with Crippen molar-refractivity contribution in [1.29, 1.82) is 0 Å². The highest BCUT2D eigenvalue weighted by molar-refractivity contribution is 9.10. The summed E-state index contributed by atoms with van der Waals surface area (Å²) in [6.45, 7) is 4.60. The summed E-state index contributed by atoms with van der Waals surface area (Å²) in [5.41, 5.74) is 2.75. The number of hydrogen-bond donors (Lipinski definition) is 0. The zero-order valence-corrected chi connectivity index (χ0v) is 13.2. The van der Waals surface area contributed by atoms with E-state index >= 15 is 0 Å². The molecule has 106 valence electrons. The quantitative estimate of drug-likeness (QED) is 0.759. The van der Waals surface area contributed by atoms with Gasteiger partial charge < -0.3 is 9.47 Å². The maximum atomic E-state index is 12.0. The summed E-state index contributed by atoms with van der Waals surface area (Å²) >= 11 is 3.46. The van der Waals surface area contributed by atoms with Crippen LogP contribution in [0, 0.1) is 0 Å². The van der Waals surface area contributed by atoms with E-state index in [1.54, 1.807) is 6.92 Å². The molecule has 0 heterocycles. The number of benzene rings is 1. The fraction of sp³-hybridized carbons (Fsp3) is 0.312. The molecule has 4 heteroatoms. The predicted molar refractivity (Wildman–Crippen MR) is 82.0 cm³/mol. The molecule has 1 aromatic carbocycles. The molecule has 0 unspecified atom stereocenters. The Hall–Kier alpha value is -1.55. The normalized spacial score (nSPS) is 14.2. The van der Waals surface area contributed by atoms with Crippen molar-refractivity contribution in [3.63, 3.8) is 0 Å². The predicted octanol–water partition coefficient (Wildman–Crippen LogP) is 4.09. The summed E-state index contributed by atoms with van der Waals surface area (Å²) in [4.78, 5) is 12.0. The molecule has 0 amide bonds. The Kier molecular flexibility index (Phi) is 5.01. The average molecular weight is 337 g/mol. The van der Waals surface area contributed by atoms with Crippen molar-refractivity contribution in [2.24, 2.45) is 0 Å². The lowest BCUT2D eigenvalue weighted by atomic mass is 10.0. The highest BCUT2D eigenvalue weighted by Crippen LogP contribution is 2.34. The SMILES string of the molecule is CCOC(=O)C1=C(OCC)C=C(c2cccc(Br)c2)C1. The summed E-state index contributed by atoms with van der Waals surface area (Å²) < 4.78 is 11.7. The molecule has 3 nitrogen and oxygen atoms in total. The Labute approximate surface area is 127 Å². The highest BCUT2D eigenvalue weighted by atomic mass is 79.9. The van der Waals surface area contributed by atoms with Crippen LogP contribution in [0.5, 0.6) is 0 Å². The van der Waals surface area contributed by atoms with E-state index in [9.17, 15) is 4.79 Å². The fourth-order valence-electron chi connectivity index (χ4n) is 2.12. The van der Waals surface area contributed by atoms with Gasteiger partial charge in [-0.2, -0.15) is 0 Å². The minimum absolute atomic E-state index is 0.294. The van der Waals surface area contributed by atoms with Gasteiger partial charge in [-0.3, -0.25) is 0 Å². The summed E-state index contributed by atoms with van der Waals surface area (Å²) in [6, 6.07) is 8.00. The standard InChI is InChI=1S/C16H17BrO3/c1-3-19-15-10-12(9-14(15)16(18)20-4-2)11-6-5-7-13(17)8-11/h5-8,10H,3-4,9H2,1-2H3. The third kappa shape index (κ3) is 3.31. The van der Waals surface area contributed by atoms with Crippen molar-refractivity contribution in [2.75, 3.05) is 13.2 Å². The van der Waals surface area contributed by atoms with E-state index in [4.69, 9.17) is 9.47 Å². The minimum Gasteiger partial charge on any atom is -0.493 e. The largest absolute Gasteiger partial charge is 0.493 e. The van der Waals surface area contributed by atoms with Crippen LogP contribution in [0.15, 0.2) is 46.1 Å². The van der Waals surface area contributed by atoms with Crippen LogP contribution < -0.4 is 0 Å². The molecule has 0 fully saturated rings. The smallest absolute Gasteiger partial charge is 0.338 e. The molecule has 0 saturated carbocycles. The average Bonchev–Trinajstić information content (AvgIpc) is 2.84. The van der Waals surface area contributed by atoms with Crippen LogP contribution in [0.3, 0.4) is 0 Å². The molecule has 0 N–H and O–H groups in total. The first-order valence-corrected chi connectivity index (χ1v) is 7.44. The van der Waals surface area contributed by atoms with Crippen LogP contribution in [-0.2, 0) is 14.3 Å². The van der Waals surface area contributed by atoms with Crippen molar-refractivity contribution in [3.8, 4) is 0 Å². The van der Waals surface area contributed by atoms with Crippen LogP contribution in [0.25, 0.3) is 5.57 Å². The van der Waals surface area contributed by atoms with Gasteiger partial charge in [0.25, 0.3) is 0 Å². The number of esters is 1. The number of allylic oxidation sites excluding steroid dienone is 2. The van der Waals surface area contributed by atoms with Crippen LogP contribution in [0.4, 0.5) is 0 Å². The second kappa shape index (κ2) is 6.75. The van der Waals surface area contributed by atoms with Crippen LogP contribution in [0.1, 0.15) is 25.8 Å². The lowest BCUT2D eigenvalue weighted by molar-refractivity contribution is -0.138. The zero-order chi connectivity index (χ0) is 14.5. The number of ether oxygens (including phenoxy) is 2. The van der Waals surface area contributed by atoms with E-state index in [0.717, 1.165) is 15.6 Å². The van der Waals surface area contributed by atoms with E-state index in [0.29, 0.717) is 31.0 Å². The number of halogens is 1. The van der Waals surface area contributed by atoms with Crippen molar-refractivity contribution in [1.82, 2.24) is 0 Å². The molecule has 0 spiro atoms. The molecule has 0 saturated heterocycles. The monoisotopic (exact) mass is 336 g/mol. The van der Waals surface area contributed by atoms with Gasteiger partial charge in [0, 0.05) is 10.9 Å². The van der Waals surface area contributed by atoms with Gasteiger partial charge in [-0.1, -0.05) is 28.1 Å². The van der Waals surface area contributed by atoms with Gasteiger partial charge in [-0.05, 0) is 43.2 Å². The first-order chi connectivity index (χ1) is 9.65. The van der Waals surface area contributed by atoms with Gasteiger partial charge in [-0.15, -0.1) is 0 Å². The Morgan fingerprint density at radius 1 is 1.30 bits per heavy atom. The van der Waals surface area contributed by atoms with Crippen LogP contribution in [0.2, 0.25) is 0 Å². The molecular weight excluding hydrogens is 320 g/mol. The number of carbonyl (C=O) groups is 1. The Morgan fingerprint density at radius 3 is 2.75 bits per heavy atom. The molecule has 0 radical (unpaired) electrons. The lowest BCUT2D eigenvalue weighted by Gasteiger charge is -2.07. The van der Waals surface area contributed by atoms with E-state index in [1.165, 1.54) is 0 Å². The van der Waals surface area contributed by atoms with Crippen molar-refractivity contribution >= 4 is 27.5 Å². The maximum Gasteiger partial charge on any atom is 0.338 e. The van der Waals surface area contributed by atoms with E-state index < -0.39 is 0 Å². The third-order valence-corrected chi connectivity index (χ3v) is 3.48. The summed E-state index contributed by atoms with van der Waals surface area (Å²) in [6.07, 6.45) is 2.47. The molecule has 0 aromatic heterocycles. The fourth-order valence-corrected chi connectivity index (χ4v) is 2.52. The molecule has 0 bridgehead atoms. The molecule has 2 rings (SSSR count). The Morgan fingerprint density at radius 2 is 2.10 bits per heavy atom. The lowest BCUT2D eigenvalue weighted by Crippen LogP contribution is -2.09. The molecule has 1 aliphatic rings. The summed E-state index contributed by atoms with van der Waals surface area (Å²) in [7, 11) is 0. The molecular formula is C16H17BrO3. The molecule has 0 atom stereocenters. The second-order valence-corrected chi connectivity index (χ2v) is 5.27. The van der Waals surface area contributed by atoms with Gasteiger partial charge in [0.05, 0.1) is 18.8 Å².